The molecule has 0 amide bonds. The van der Waals surface area contributed by atoms with Crippen molar-refractivity contribution in [2.24, 2.45) is 0 Å². The topological polar surface area (TPSA) is 43.8 Å². The normalized spacial score (nSPS) is 10.9. The summed E-state index contributed by atoms with van der Waals surface area (Å²) in [4.78, 5) is 0. The molecule has 0 unspecified atom stereocenters. The van der Waals surface area contributed by atoms with Crippen LogP contribution in [0.5, 0.6) is 0 Å². The van der Waals surface area contributed by atoms with Crippen LogP contribution in [0.25, 0.3) is 10.9 Å². The van der Waals surface area contributed by atoms with Crippen molar-refractivity contribution in [3.63, 3.8) is 0 Å². The SMILES string of the molecule is Nc1ccc(CCn2ncc3ccccc32)cc1. The van der Waals surface area contributed by atoms with E-state index in [-0.39, 0.29) is 0 Å². The average Bonchev–Trinajstić information content (AvgIpc) is 2.82. The second kappa shape index (κ2) is 4.53. The average molecular weight is 237 g/mol. The number of benzene rings is 2. The molecule has 0 bridgehead atoms. The van der Waals surface area contributed by atoms with Crippen molar-refractivity contribution in [3.8, 4) is 0 Å². The van der Waals surface area contributed by atoms with Crippen molar-refractivity contribution in [1.82, 2.24) is 9.78 Å². The van der Waals surface area contributed by atoms with E-state index < -0.39 is 0 Å². The zero-order chi connectivity index (χ0) is 12.4. The van der Waals surface area contributed by atoms with Crippen LogP contribution in [-0.2, 0) is 13.0 Å². The Labute approximate surface area is 106 Å². The molecule has 2 N–H and O–H groups in total. The highest BCUT2D eigenvalue weighted by Crippen LogP contribution is 2.14. The van der Waals surface area contributed by atoms with Crippen molar-refractivity contribution in [3.05, 3.63) is 60.3 Å². The molecule has 3 nitrogen and oxygen atoms in total. The molecule has 90 valence electrons. The van der Waals surface area contributed by atoms with Crippen LogP contribution in [0.4, 0.5) is 5.69 Å². The van der Waals surface area contributed by atoms with E-state index in [2.05, 4.69) is 29.4 Å². The maximum Gasteiger partial charge on any atom is 0.0682 e. The second-order valence-electron chi connectivity index (χ2n) is 4.42. The van der Waals surface area contributed by atoms with Gasteiger partial charge in [-0.25, -0.2) is 0 Å². The van der Waals surface area contributed by atoms with Gasteiger partial charge in [0.25, 0.3) is 0 Å². The number of fused-ring (bicyclic) bond motifs is 1. The predicted molar refractivity (Wildman–Crippen MR) is 74.3 cm³/mol. The Morgan fingerprint density at radius 1 is 1.00 bits per heavy atom. The maximum absolute atomic E-state index is 5.67. The molecule has 1 aromatic heterocycles. The van der Waals surface area contributed by atoms with Crippen LogP contribution in [0, 0.1) is 0 Å². The van der Waals surface area contributed by atoms with Crippen LogP contribution >= 0.6 is 0 Å². The number of nitrogens with two attached hydrogens (primary N) is 1. The zero-order valence-electron chi connectivity index (χ0n) is 10.1. The molecule has 0 aliphatic heterocycles. The zero-order valence-corrected chi connectivity index (χ0v) is 10.1. The molecule has 3 aromatic rings. The molecule has 0 saturated heterocycles. The fourth-order valence-electron chi connectivity index (χ4n) is 2.12. The summed E-state index contributed by atoms with van der Waals surface area (Å²) in [5, 5.41) is 5.61. The van der Waals surface area contributed by atoms with E-state index in [9.17, 15) is 0 Å². The first-order valence-electron chi connectivity index (χ1n) is 6.08. The molecule has 0 spiro atoms. The van der Waals surface area contributed by atoms with Crippen LogP contribution in [0.15, 0.2) is 54.7 Å². The molecule has 0 aliphatic rings. The van der Waals surface area contributed by atoms with Gasteiger partial charge in [-0.05, 0) is 30.2 Å². The van der Waals surface area contributed by atoms with Crippen molar-refractivity contribution < 1.29 is 0 Å². The molecule has 18 heavy (non-hydrogen) atoms. The van der Waals surface area contributed by atoms with Crippen LogP contribution in [-0.4, -0.2) is 9.78 Å². The molecule has 0 atom stereocenters. The van der Waals surface area contributed by atoms with Crippen molar-refractivity contribution in [2.45, 2.75) is 13.0 Å². The minimum atomic E-state index is 0.809. The number of nitrogens with zero attached hydrogens (tertiary/aromatic N) is 2. The number of anilines is 1. The summed E-state index contributed by atoms with van der Waals surface area (Å²) < 4.78 is 2.05. The van der Waals surface area contributed by atoms with E-state index in [1.165, 1.54) is 16.5 Å². The van der Waals surface area contributed by atoms with Crippen LogP contribution in [0.1, 0.15) is 5.56 Å². The Morgan fingerprint density at radius 3 is 2.61 bits per heavy atom. The van der Waals surface area contributed by atoms with Gasteiger partial charge in [0.05, 0.1) is 11.7 Å². The van der Waals surface area contributed by atoms with Gasteiger partial charge in [-0.1, -0.05) is 30.3 Å². The van der Waals surface area contributed by atoms with Gasteiger partial charge >= 0.3 is 0 Å². The van der Waals surface area contributed by atoms with Gasteiger partial charge in [-0.3, -0.25) is 4.68 Å². The van der Waals surface area contributed by atoms with Gasteiger partial charge in [0.15, 0.2) is 0 Å². The largest absolute Gasteiger partial charge is 0.399 e. The van der Waals surface area contributed by atoms with E-state index in [0.717, 1.165) is 18.7 Å². The lowest BCUT2D eigenvalue weighted by Gasteiger charge is -2.04. The Kier molecular flexibility index (Phi) is 2.73. The molecule has 3 heteroatoms. The molecule has 3 rings (SSSR count). The number of rotatable bonds is 3. The van der Waals surface area contributed by atoms with Crippen LogP contribution in [0.2, 0.25) is 0 Å². The predicted octanol–water partition coefficient (Wildman–Crippen LogP) is 2.86. The van der Waals surface area contributed by atoms with Gasteiger partial charge in [0, 0.05) is 17.6 Å². The quantitative estimate of drug-likeness (QED) is 0.712. The van der Waals surface area contributed by atoms with Gasteiger partial charge < -0.3 is 5.73 Å². The Hall–Kier alpha value is -2.29. The number of hydrogen-bond acceptors (Lipinski definition) is 2. The Morgan fingerprint density at radius 2 is 1.78 bits per heavy atom. The summed E-state index contributed by atoms with van der Waals surface area (Å²) in [7, 11) is 0. The molecule has 0 saturated carbocycles. The summed E-state index contributed by atoms with van der Waals surface area (Å²) in [6, 6.07) is 16.3. The highest BCUT2D eigenvalue weighted by Gasteiger charge is 2.01. The first kappa shape index (κ1) is 10.8. The lowest BCUT2D eigenvalue weighted by Crippen LogP contribution is -2.02. The van der Waals surface area contributed by atoms with Crippen molar-refractivity contribution in [2.75, 3.05) is 5.73 Å². The molecule has 0 radical (unpaired) electrons. The van der Waals surface area contributed by atoms with E-state index >= 15 is 0 Å². The molecule has 1 heterocycles. The number of aromatic nitrogens is 2. The minimum absolute atomic E-state index is 0.809. The summed E-state index contributed by atoms with van der Waals surface area (Å²) in [5.41, 5.74) is 8.95. The third-order valence-corrected chi connectivity index (χ3v) is 3.14. The van der Waals surface area contributed by atoms with Crippen molar-refractivity contribution in [1.29, 1.82) is 0 Å². The van der Waals surface area contributed by atoms with Crippen LogP contribution < -0.4 is 5.73 Å². The fourth-order valence-corrected chi connectivity index (χ4v) is 2.12. The van der Waals surface area contributed by atoms with E-state index in [0.29, 0.717) is 0 Å². The molecular formula is C15H15N3. The monoisotopic (exact) mass is 237 g/mol. The number of para-hydroxylation sites is 1. The molecule has 0 aliphatic carbocycles. The third-order valence-electron chi connectivity index (χ3n) is 3.14. The Balaban J connectivity index is 1.79. The molecule has 2 aromatic carbocycles. The van der Waals surface area contributed by atoms with Gasteiger partial charge in [0.2, 0.25) is 0 Å². The first-order chi connectivity index (χ1) is 8.83. The lowest BCUT2D eigenvalue weighted by atomic mass is 10.1. The van der Waals surface area contributed by atoms with Crippen molar-refractivity contribution >= 4 is 16.6 Å². The first-order valence-corrected chi connectivity index (χ1v) is 6.08. The van der Waals surface area contributed by atoms with E-state index in [1.807, 2.05) is 35.1 Å². The van der Waals surface area contributed by atoms with E-state index in [1.54, 1.807) is 0 Å². The standard InChI is InChI=1S/C15H15N3/c16-14-7-5-12(6-8-14)9-10-18-15-4-2-1-3-13(15)11-17-18/h1-8,11H,9-10,16H2. The van der Waals surface area contributed by atoms with Gasteiger partial charge in [0.1, 0.15) is 0 Å². The number of nitrogen functional groups attached to an aromatic ring is 1. The lowest BCUT2D eigenvalue weighted by molar-refractivity contribution is 0.635. The van der Waals surface area contributed by atoms with Gasteiger partial charge in [-0.15, -0.1) is 0 Å². The summed E-state index contributed by atoms with van der Waals surface area (Å²) in [5.74, 6) is 0. The summed E-state index contributed by atoms with van der Waals surface area (Å²) in [6.07, 6.45) is 2.88. The Bertz CT molecular complexity index is 653. The third kappa shape index (κ3) is 2.07. The highest BCUT2D eigenvalue weighted by molar-refractivity contribution is 5.78. The number of aryl methyl sites for hydroxylation is 2. The summed E-state index contributed by atoms with van der Waals surface area (Å²) in [6.45, 7) is 0.886. The highest BCUT2D eigenvalue weighted by atomic mass is 15.3. The molecule has 0 fully saturated rings. The maximum atomic E-state index is 5.67. The minimum Gasteiger partial charge on any atom is -0.399 e. The van der Waals surface area contributed by atoms with E-state index in [4.69, 9.17) is 5.73 Å². The second-order valence-corrected chi connectivity index (χ2v) is 4.42. The van der Waals surface area contributed by atoms with Crippen LogP contribution in [0.3, 0.4) is 0 Å². The molecular weight excluding hydrogens is 222 g/mol. The summed E-state index contributed by atoms with van der Waals surface area (Å²) >= 11 is 0. The van der Waals surface area contributed by atoms with Gasteiger partial charge in [-0.2, -0.15) is 5.10 Å². The fraction of sp³-hybridized carbons (Fsp3) is 0.133. The number of hydrogen-bond donors (Lipinski definition) is 1. The smallest absolute Gasteiger partial charge is 0.0682 e.